The number of carbonyl (C=O) groups is 1. The molecule has 6 rings (SSSR count). The second-order valence-corrected chi connectivity index (χ2v) is 12.7. The number of ether oxygens (including phenoxy) is 3. The van der Waals surface area contributed by atoms with E-state index in [0.29, 0.717) is 36.1 Å². The highest BCUT2D eigenvalue weighted by molar-refractivity contribution is 5.89. The number of nitrogens with zero attached hydrogens (tertiary/aromatic N) is 6. The summed E-state index contributed by atoms with van der Waals surface area (Å²) >= 11 is 0. The van der Waals surface area contributed by atoms with Gasteiger partial charge in [-0.2, -0.15) is 0 Å². The van der Waals surface area contributed by atoms with Crippen LogP contribution >= 0.6 is 0 Å². The summed E-state index contributed by atoms with van der Waals surface area (Å²) in [6.45, 7) is 7.04. The summed E-state index contributed by atoms with van der Waals surface area (Å²) < 4.78 is 29.9. The third kappa shape index (κ3) is 7.51. The molecule has 0 saturated heterocycles. The Labute approximate surface area is 299 Å². The van der Waals surface area contributed by atoms with Crippen molar-refractivity contribution in [2.24, 2.45) is 0 Å². The molecule has 0 amide bonds. The molecule has 0 bridgehead atoms. The second kappa shape index (κ2) is 15.1. The molecule has 1 N–H and O–H groups in total. The smallest absolute Gasteiger partial charge is 0.497 e. The van der Waals surface area contributed by atoms with Crippen molar-refractivity contribution in [3.63, 3.8) is 0 Å². The van der Waals surface area contributed by atoms with Crippen molar-refractivity contribution >= 4 is 5.97 Å². The summed E-state index contributed by atoms with van der Waals surface area (Å²) in [5.74, 6) is 1.30. The van der Waals surface area contributed by atoms with Gasteiger partial charge in [0.25, 0.3) is 0 Å². The fourth-order valence-electron chi connectivity index (χ4n) is 5.97. The highest BCUT2D eigenvalue weighted by Crippen LogP contribution is 2.33. The molecule has 3 aromatic heterocycles. The van der Waals surface area contributed by atoms with Crippen LogP contribution in [-0.4, -0.2) is 55.1 Å². The molecule has 0 aliphatic rings. The first kappa shape index (κ1) is 35.8. The maximum Gasteiger partial charge on any atom is 0.519 e. The number of esters is 1. The van der Waals surface area contributed by atoms with Crippen molar-refractivity contribution < 1.29 is 32.9 Å². The maximum atomic E-state index is 13.7. The molecule has 6 aromatic rings. The highest BCUT2D eigenvalue weighted by atomic mass is 16.6. The lowest BCUT2D eigenvalue weighted by Crippen LogP contribution is -2.23. The van der Waals surface area contributed by atoms with Crippen LogP contribution < -0.4 is 15.3 Å². The minimum absolute atomic E-state index is 0.105. The van der Waals surface area contributed by atoms with Gasteiger partial charge in [-0.3, -0.25) is 0 Å². The third-order valence-corrected chi connectivity index (χ3v) is 8.58. The summed E-state index contributed by atoms with van der Waals surface area (Å²) in [5, 5.41) is 23.7. The molecule has 270 valence electrons. The van der Waals surface area contributed by atoms with Crippen LogP contribution in [0.5, 0.6) is 11.5 Å². The normalized spacial score (nSPS) is 11.5. The molecule has 0 atom stereocenters. The van der Waals surface area contributed by atoms with Gasteiger partial charge in [-0.15, -0.1) is 5.10 Å². The molecule has 0 aliphatic carbocycles. The van der Waals surface area contributed by atoms with Crippen LogP contribution in [0.15, 0.2) is 80.4 Å². The zero-order valence-corrected chi connectivity index (χ0v) is 29.9. The Morgan fingerprint density at radius 2 is 1.71 bits per heavy atom. The number of aliphatic hydroxyl groups is 1. The molecular weight excluding hydrogens is 668 g/mol. The topological polar surface area (TPSA) is 170 Å². The van der Waals surface area contributed by atoms with E-state index in [1.54, 1.807) is 44.2 Å². The van der Waals surface area contributed by atoms with Crippen molar-refractivity contribution in [2.45, 2.75) is 65.8 Å². The minimum Gasteiger partial charge on any atom is -0.497 e. The number of aryl methyl sites for hydroxylation is 2. The third-order valence-electron chi connectivity index (χ3n) is 8.58. The molecule has 14 nitrogen and oxygen atoms in total. The van der Waals surface area contributed by atoms with Crippen molar-refractivity contribution in [3.05, 3.63) is 117 Å². The molecule has 0 unspecified atom stereocenters. The lowest BCUT2D eigenvalue weighted by molar-refractivity contribution is 0.0395. The Kier molecular flexibility index (Phi) is 10.4. The zero-order valence-electron chi connectivity index (χ0n) is 29.9. The van der Waals surface area contributed by atoms with E-state index < -0.39 is 17.4 Å². The summed E-state index contributed by atoms with van der Waals surface area (Å²) in [6.07, 6.45) is 1.32. The second-order valence-electron chi connectivity index (χ2n) is 12.7. The van der Waals surface area contributed by atoms with Gasteiger partial charge in [0.2, 0.25) is 0 Å². The molecule has 3 aromatic carbocycles. The average Bonchev–Trinajstić information content (AvgIpc) is 3.84. The van der Waals surface area contributed by atoms with Crippen LogP contribution in [0.1, 0.15) is 71.8 Å². The lowest BCUT2D eigenvalue weighted by atomic mass is 9.98. The Balaban J connectivity index is 1.30. The van der Waals surface area contributed by atoms with Crippen LogP contribution in [0, 0.1) is 6.92 Å². The predicted molar refractivity (Wildman–Crippen MR) is 189 cm³/mol. The van der Waals surface area contributed by atoms with Crippen molar-refractivity contribution in [3.8, 4) is 34.0 Å². The first-order valence-electron chi connectivity index (χ1n) is 16.7. The van der Waals surface area contributed by atoms with E-state index in [0.717, 1.165) is 34.2 Å². The van der Waals surface area contributed by atoms with Crippen molar-refractivity contribution in [2.75, 3.05) is 14.2 Å². The van der Waals surface area contributed by atoms with Gasteiger partial charge in [-0.1, -0.05) is 55.5 Å². The van der Waals surface area contributed by atoms with Crippen LogP contribution in [-0.2, 0) is 36.5 Å². The van der Waals surface area contributed by atoms with E-state index in [2.05, 4.69) is 15.5 Å². The van der Waals surface area contributed by atoms with E-state index in [1.807, 2.05) is 73.7 Å². The number of imidazole rings is 1. The van der Waals surface area contributed by atoms with Gasteiger partial charge >= 0.3 is 11.8 Å². The van der Waals surface area contributed by atoms with Crippen molar-refractivity contribution in [1.29, 1.82) is 0 Å². The number of hydrogen-bond acceptors (Lipinski definition) is 12. The number of carbonyl (C=O) groups excluding carboxylic acids is 1. The molecule has 0 fully saturated rings. The SMILES string of the molecule is CCCc1nc(C(C)(C)O)c(C(=O)OCc2oc(=O)oc2C)n1Cc1ccc(-c2ccccc2-c2nnnn2Cc2ccc(OC)cc2OC)cc1. The van der Waals surface area contributed by atoms with Crippen LogP contribution in [0.3, 0.4) is 0 Å². The van der Waals surface area contributed by atoms with E-state index >= 15 is 0 Å². The molecule has 52 heavy (non-hydrogen) atoms. The van der Waals surface area contributed by atoms with Crippen LogP contribution in [0.4, 0.5) is 0 Å². The van der Waals surface area contributed by atoms with E-state index in [9.17, 15) is 14.7 Å². The first-order valence-corrected chi connectivity index (χ1v) is 16.7. The molecular formula is C38H40N6O8. The van der Waals surface area contributed by atoms with Crippen LogP contribution in [0.2, 0.25) is 0 Å². The number of aromatic nitrogens is 6. The predicted octanol–water partition coefficient (Wildman–Crippen LogP) is 5.71. The Morgan fingerprint density at radius 3 is 2.37 bits per heavy atom. The molecule has 0 aliphatic heterocycles. The van der Waals surface area contributed by atoms with E-state index in [4.69, 9.17) is 28.0 Å². The lowest BCUT2D eigenvalue weighted by Gasteiger charge is -2.18. The summed E-state index contributed by atoms with van der Waals surface area (Å²) in [4.78, 5) is 29.9. The van der Waals surface area contributed by atoms with E-state index in [1.165, 1.54) is 0 Å². The number of methoxy groups -OCH3 is 2. The monoisotopic (exact) mass is 708 g/mol. The molecule has 3 heterocycles. The first-order chi connectivity index (χ1) is 25.0. The van der Waals surface area contributed by atoms with Gasteiger partial charge in [0.1, 0.15) is 28.6 Å². The summed E-state index contributed by atoms with van der Waals surface area (Å²) in [5.41, 5.74) is 3.36. The largest absolute Gasteiger partial charge is 0.519 e. The minimum atomic E-state index is -1.44. The van der Waals surface area contributed by atoms with Crippen molar-refractivity contribution in [1.82, 2.24) is 29.8 Å². The van der Waals surface area contributed by atoms with Gasteiger partial charge in [-0.05, 0) is 66.4 Å². The van der Waals surface area contributed by atoms with E-state index in [-0.39, 0.29) is 36.1 Å². The fourth-order valence-corrected chi connectivity index (χ4v) is 5.97. The Hall–Kier alpha value is -6.02. The summed E-state index contributed by atoms with van der Waals surface area (Å²) in [7, 11) is 3.22. The maximum absolute atomic E-state index is 13.7. The van der Waals surface area contributed by atoms with Gasteiger partial charge in [0.05, 0.1) is 20.8 Å². The summed E-state index contributed by atoms with van der Waals surface area (Å²) in [6, 6.07) is 21.5. The molecule has 14 heteroatoms. The van der Waals surface area contributed by atoms with Gasteiger partial charge in [-0.25, -0.2) is 19.3 Å². The number of tetrazole rings is 1. The highest BCUT2D eigenvalue weighted by Gasteiger charge is 2.33. The number of benzene rings is 3. The fraction of sp³-hybridized carbons (Fsp3) is 0.316. The van der Waals surface area contributed by atoms with Gasteiger partial charge < -0.3 is 32.7 Å². The van der Waals surface area contributed by atoms with Crippen LogP contribution in [0.25, 0.3) is 22.5 Å². The molecule has 0 spiro atoms. The number of hydrogen-bond donors (Lipinski definition) is 1. The van der Waals surface area contributed by atoms with Gasteiger partial charge in [0, 0.05) is 30.2 Å². The van der Waals surface area contributed by atoms with Gasteiger partial charge in [0.15, 0.2) is 29.6 Å². The Bertz CT molecular complexity index is 2240. The average molecular weight is 709 g/mol. The molecule has 0 saturated carbocycles. The Morgan fingerprint density at radius 1 is 0.962 bits per heavy atom. The zero-order chi connectivity index (χ0) is 37.0. The quantitative estimate of drug-likeness (QED) is 0.137. The standard InChI is InChI=1S/C38H40N6O8/c1-7-10-32-39-34(38(3,4)47)33(36(45)50-22-31-23(2)51-37(46)52-31)43(32)20-24-13-15-25(16-14-24)28-11-8-9-12-29(28)35-40-41-42-44(35)21-26-17-18-27(48-5)19-30(26)49-6/h8-9,11-19,47H,7,10,20-22H2,1-6H3. The number of rotatable bonds is 14. The molecule has 0 radical (unpaired) electrons.